The molecule has 76 valence electrons. The fourth-order valence-electron chi connectivity index (χ4n) is 1.53. The Morgan fingerprint density at radius 3 is 2.93 bits per heavy atom. The largest absolute Gasteiger partial charge is 0.493 e. The van der Waals surface area contributed by atoms with E-state index in [2.05, 4.69) is 0 Å². The molecule has 0 unspecified atom stereocenters. The molecule has 0 aliphatic carbocycles. The number of rotatable bonds is 2. The van der Waals surface area contributed by atoms with E-state index in [0.717, 1.165) is 17.7 Å². The lowest BCUT2D eigenvalue weighted by Crippen LogP contribution is -1.95. The maximum absolute atomic E-state index is 10.8. The monoisotopic (exact) mass is 232 g/mol. The van der Waals surface area contributed by atoms with Gasteiger partial charge in [-0.3, -0.25) is 0 Å². The van der Waals surface area contributed by atoms with E-state index in [4.69, 9.17) is 15.4 Å². The van der Waals surface area contributed by atoms with Crippen molar-refractivity contribution >= 4 is 19.7 Å². The molecule has 1 aromatic carbocycles. The van der Waals surface area contributed by atoms with E-state index < -0.39 is 9.05 Å². The number of halogens is 1. The molecular weight excluding hydrogens is 224 g/mol. The van der Waals surface area contributed by atoms with Crippen LogP contribution in [0, 0.1) is 0 Å². The summed E-state index contributed by atoms with van der Waals surface area (Å²) in [5.74, 6) is 0.725. The van der Waals surface area contributed by atoms with E-state index in [9.17, 15) is 8.42 Å². The third-order valence-electron chi connectivity index (χ3n) is 2.09. The molecule has 0 amide bonds. The van der Waals surface area contributed by atoms with Crippen molar-refractivity contribution in [2.45, 2.75) is 12.2 Å². The zero-order valence-corrected chi connectivity index (χ0v) is 8.94. The SMILES string of the molecule is O=S(=O)(Cl)Cc1ccc2c(c1)CCO2. The molecule has 1 heterocycles. The van der Waals surface area contributed by atoms with Gasteiger partial charge in [0.05, 0.1) is 12.4 Å². The van der Waals surface area contributed by atoms with Gasteiger partial charge in [-0.1, -0.05) is 12.1 Å². The fraction of sp³-hybridized carbons (Fsp3) is 0.333. The topological polar surface area (TPSA) is 43.4 Å². The molecule has 0 atom stereocenters. The molecule has 0 aromatic heterocycles. The normalized spacial score (nSPS) is 14.9. The van der Waals surface area contributed by atoms with Crippen LogP contribution in [0.3, 0.4) is 0 Å². The van der Waals surface area contributed by atoms with Crippen LogP contribution >= 0.6 is 10.7 Å². The molecule has 1 aliphatic heterocycles. The Balaban J connectivity index is 2.29. The highest BCUT2D eigenvalue weighted by Gasteiger charge is 2.14. The summed E-state index contributed by atoms with van der Waals surface area (Å²) in [7, 11) is 1.70. The Hall–Kier alpha value is -0.740. The molecule has 0 radical (unpaired) electrons. The van der Waals surface area contributed by atoms with E-state index in [-0.39, 0.29) is 5.75 Å². The van der Waals surface area contributed by atoms with Crippen LogP contribution in [0.5, 0.6) is 5.75 Å². The van der Waals surface area contributed by atoms with Crippen LogP contribution < -0.4 is 4.74 Å². The second-order valence-electron chi connectivity index (χ2n) is 3.22. The molecule has 5 heteroatoms. The van der Waals surface area contributed by atoms with Gasteiger partial charge in [-0.05, 0) is 17.2 Å². The fourth-order valence-corrected chi connectivity index (χ4v) is 2.48. The minimum Gasteiger partial charge on any atom is -0.493 e. The molecule has 0 saturated heterocycles. The predicted octanol–water partition coefficient (Wildman–Crippen LogP) is 1.69. The van der Waals surface area contributed by atoms with Crippen molar-refractivity contribution in [2.24, 2.45) is 0 Å². The molecule has 0 bridgehead atoms. The maximum Gasteiger partial charge on any atom is 0.236 e. The zero-order valence-electron chi connectivity index (χ0n) is 7.36. The van der Waals surface area contributed by atoms with Gasteiger partial charge in [0, 0.05) is 17.1 Å². The second-order valence-corrected chi connectivity index (χ2v) is 6.00. The van der Waals surface area contributed by atoms with Crippen molar-refractivity contribution < 1.29 is 13.2 Å². The average molecular weight is 233 g/mol. The van der Waals surface area contributed by atoms with Gasteiger partial charge in [-0.25, -0.2) is 8.42 Å². The average Bonchev–Trinajstić information content (AvgIpc) is 2.47. The molecular formula is C9H9ClO3S. The maximum atomic E-state index is 10.8. The summed E-state index contributed by atoms with van der Waals surface area (Å²) in [5.41, 5.74) is 1.77. The smallest absolute Gasteiger partial charge is 0.236 e. The first-order valence-electron chi connectivity index (χ1n) is 4.21. The number of benzene rings is 1. The molecule has 1 aliphatic rings. The van der Waals surface area contributed by atoms with Crippen LogP contribution in [0.4, 0.5) is 0 Å². The van der Waals surface area contributed by atoms with Gasteiger partial charge in [0.15, 0.2) is 0 Å². The van der Waals surface area contributed by atoms with Crippen LogP contribution in [0.2, 0.25) is 0 Å². The van der Waals surface area contributed by atoms with Crippen molar-refractivity contribution in [3.63, 3.8) is 0 Å². The third-order valence-corrected chi connectivity index (χ3v) is 3.10. The van der Waals surface area contributed by atoms with Crippen LogP contribution in [0.25, 0.3) is 0 Å². The Kier molecular flexibility index (Phi) is 2.41. The molecule has 0 fully saturated rings. The highest BCUT2D eigenvalue weighted by molar-refractivity contribution is 8.13. The summed E-state index contributed by atoms with van der Waals surface area (Å²) < 4.78 is 27.0. The van der Waals surface area contributed by atoms with Crippen LogP contribution in [-0.2, 0) is 21.2 Å². The quantitative estimate of drug-likeness (QED) is 0.729. The number of ether oxygens (including phenoxy) is 1. The van der Waals surface area contributed by atoms with Crippen LogP contribution in [0.1, 0.15) is 11.1 Å². The van der Waals surface area contributed by atoms with Crippen LogP contribution in [0.15, 0.2) is 18.2 Å². The summed E-state index contributed by atoms with van der Waals surface area (Å²) in [6.45, 7) is 0.673. The third kappa shape index (κ3) is 2.19. The second kappa shape index (κ2) is 3.44. The zero-order chi connectivity index (χ0) is 10.2. The van der Waals surface area contributed by atoms with E-state index >= 15 is 0 Å². The molecule has 14 heavy (non-hydrogen) atoms. The first kappa shape index (κ1) is 9.80. The summed E-state index contributed by atoms with van der Waals surface area (Å²) in [6.07, 6.45) is 0.839. The van der Waals surface area contributed by atoms with Crippen molar-refractivity contribution in [1.82, 2.24) is 0 Å². The molecule has 0 saturated carbocycles. The van der Waals surface area contributed by atoms with Crippen LogP contribution in [-0.4, -0.2) is 15.0 Å². The first-order valence-corrected chi connectivity index (χ1v) is 6.69. The van der Waals surface area contributed by atoms with E-state index in [1.54, 1.807) is 12.1 Å². The van der Waals surface area contributed by atoms with E-state index in [0.29, 0.717) is 12.2 Å². The Morgan fingerprint density at radius 2 is 2.21 bits per heavy atom. The van der Waals surface area contributed by atoms with Gasteiger partial charge in [0.1, 0.15) is 5.75 Å². The number of fused-ring (bicyclic) bond motifs is 1. The summed E-state index contributed by atoms with van der Waals surface area (Å²) >= 11 is 0. The highest BCUT2D eigenvalue weighted by Crippen LogP contribution is 2.26. The molecule has 3 nitrogen and oxygen atoms in total. The summed E-state index contributed by atoms with van der Waals surface area (Å²) in [4.78, 5) is 0. The van der Waals surface area contributed by atoms with E-state index in [1.165, 1.54) is 0 Å². The lowest BCUT2D eigenvalue weighted by Gasteiger charge is -2.01. The lowest BCUT2D eigenvalue weighted by molar-refractivity contribution is 0.357. The van der Waals surface area contributed by atoms with Gasteiger partial charge in [0.2, 0.25) is 9.05 Å². The van der Waals surface area contributed by atoms with Gasteiger partial charge in [0.25, 0.3) is 0 Å². The Labute approximate surface area is 87.1 Å². The minimum atomic E-state index is -3.46. The van der Waals surface area contributed by atoms with Gasteiger partial charge in [-0.15, -0.1) is 0 Å². The van der Waals surface area contributed by atoms with Crippen molar-refractivity contribution in [1.29, 1.82) is 0 Å². The van der Waals surface area contributed by atoms with Crippen molar-refractivity contribution in [2.75, 3.05) is 6.61 Å². The summed E-state index contributed by atoms with van der Waals surface area (Å²) in [6, 6.07) is 5.35. The molecule has 0 spiro atoms. The number of hydrogen-bond acceptors (Lipinski definition) is 3. The Morgan fingerprint density at radius 1 is 1.43 bits per heavy atom. The Bertz CT molecular complexity index is 453. The van der Waals surface area contributed by atoms with E-state index in [1.807, 2.05) is 6.07 Å². The number of hydrogen-bond donors (Lipinski definition) is 0. The van der Waals surface area contributed by atoms with Gasteiger partial charge < -0.3 is 4.74 Å². The van der Waals surface area contributed by atoms with Gasteiger partial charge in [-0.2, -0.15) is 0 Å². The predicted molar refractivity (Wildman–Crippen MR) is 54.1 cm³/mol. The molecule has 2 rings (SSSR count). The molecule has 1 aromatic rings. The lowest BCUT2D eigenvalue weighted by atomic mass is 10.1. The van der Waals surface area contributed by atoms with Crippen molar-refractivity contribution in [3.05, 3.63) is 29.3 Å². The first-order chi connectivity index (χ1) is 6.54. The highest BCUT2D eigenvalue weighted by atomic mass is 35.7. The molecule has 0 N–H and O–H groups in total. The van der Waals surface area contributed by atoms with Gasteiger partial charge >= 0.3 is 0 Å². The standard InChI is InChI=1S/C9H9ClO3S/c10-14(11,12)6-7-1-2-9-8(5-7)3-4-13-9/h1-2,5H,3-4,6H2. The summed E-state index contributed by atoms with van der Waals surface area (Å²) in [5, 5.41) is 0. The van der Waals surface area contributed by atoms with Crippen molar-refractivity contribution in [3.8, 4) is 5.75 Å². The minimum absolute atomic E-state index is 0.123.